The molecule has 108 valence electrons. The molecule has 1 aromatic heterocycles. The highest BCUT2D eigenvalue weighted by Crippen LogP contribution is 2.11. The molecule has 2 aromatic rings. The van der Waals surface area contributed by atoms with Gasteiger partial charge in [-0.1, -0.05) is 28.1 Å². The molecule has 0 saturated heterocycles. The van der Waals surface area contributed by atoms with Gasteiger partial charge in [-0.2, -0.15) is 0 Å². The summed E-state index contributed by atoms with van der Waals surface area (Å²) in [6.07, 6.45) is 8.70. The van der Waals surface area contributed by atoms with Crippen molar-refractivity contribution in [1.29, 1.82) is 0 Å². The van der Waals surface area contributed by atoms with Gasteiger partial charge in [-0.05, 0) is 37.1 Å². The molecule has 0 bridgehead atoms. The van der Waals surface area contributed by atoms with E-state index in [4.69, 9.17) is 0 Å². The summed E-state index contributed by atoms with van der Waals surface area (Å²) in [6.45, 7) is 1.98. The van der Waals surface area contributed by atoms with Crippen molar-refractivity contribution in [3.05, 3.63) is 64.7 Å². The van der Waals surface area contributed by atoms with Gasteiger partial charge in [0.15, 0.2) is 0 Å². The normalized spacial score (nSPS) is 12.3. The molecule has 0 saturated carbocycles. The van der Waals surface area contributed by atoms with E-state index in [1.54, 1.807) is 24.7 Å². The summed E-state index contributed by atoms with van der Waals surface area (Å²) in [5, 5.41) is 2.93. The van der Waals surface area contributed by atoms with E-state index < -0.39 is 0 Å². The van der Waals surface area contributed by atoms with Crippen molar-refractivity contribution < 1.29 is 4.79 Å². The van der Waals surface area contributed by atoms with Crippen molar-refractivity contribution in [2.75, 3.05) is 0 Å². The standard InChI is InChI=1S/C16H16BrN3O/c1-12(10-13-2-4-14(17)5-3-13)20-16(21)7-6-15-11-18-8-9-19-15/h2-9,11-12H,10H2,1H3,(H,20,21)/b7-6+/t12-/m1/s1. The second kappa shape index (κ2) is 7.69. The third kappa shape index (κ3) is 5.47. The lowest BCUT2D eigenvalue weighted by Gasteiger charge is -2.12. The number of nitrogens with one attached hydrogen (secondary N) is 1. The Labute approximate surface area is 132 Å². The highest BCUT2D eigenvalue weighted by molar-refractivity contribution is 9.10. The molecule has 0 unspecified atom stereocenters. The van der Waals surface area contributed by atoms with Crippen molar-refractivity contribution in [3.8, 4) is 0 Å². The summed E-state index contributed by atoms with van der Waals surface area (Å²) in [4.78, 5) is 19.8. The Morgan fingerprint density at radius 1 is 1.33 bits per heavy atom. The topological polar surface area (TPSA) is 54.9 Å². The molecule has 1 heterocycles. The Morgan fingerprint density at radius 3 is 2.76 bits per heavy atom. The van der Waals surface area contributed by atoms with Crippen LogP contribution in [0.5, 0.6) is 0 Å². The summed E-state index contributed by atoms with van der Waals surface area (Å²) in [5.41, 5.74) is 1.84. The van der Waals surface area contributed by atoms with Crippen molar-refractivity contribution in [3.63, 3.8) is 0 Å². The first-order valence-corrected chi connectivity index (χ1v) is 7.42. The Kier molecular flexibility index (Phi) is 5.63. The summed E-state index contributed by atoms with van der Waals surface area (Å²) in [7, 11) is 0. The second-order valence-electron chi connectivity index (χ2n) is 4.70. The van der Waals surface area contributed by atoms with Gasteiger partial charge in [-0.25, -0.2) is 0 Å². The first-order chi connectivity index (χ1) is 10.1. The smallest absolute Gasteiger partial charge is 0.244 e. The van der Waals surface area contributed by atoms with E-state index in [2.05, 4.69) is 31.2 Å². The molecule has 1 atom stereocenters. The number of nitrogens with zero attached hydrogens (tertiary/aromatic N) is 2. The number of amides is 1. The van der Waals surface area contributed by atoms with Gasteiger partial charge >= 0.3 is 0 Å². The average molecular weight is 346 g/mol. The zero-order valence-corrected chi connectivity index (χ0v) is 13.2. The van der Waals surface area contributed by atoms with Crippen LogP contribution in [0.1, 0.15) is 18.2 Å². The molecule has 0 aliphatic carbocycles. The summed E-state index contributed by atoms with van der Waals surface area (Å²) >= 11 is 3.40. The van der Waals surface area contributed by atoms with Crippen LogP contribution in [0.3, 0.4) is 0 Å². The fourth-order valence-electron chi connectivity index (χ4n) is 1.87. The lowest BCUT2D eigenvalue weighted by Crippen LogP contribution is -2.32. The average Bonchev–Trinajstić information content (AvgIpc) is 2.48. The number of carbonyl (C=O) groups excluding carboxylic acids is 1. The number of benzene rings is 1. The lowest BCUT2D eigenvalue weighted by molar-refractivity contribution is -0.117. The van der Waals surface area contributed by atoms with E-state index in [9.17, 15) is 4.79 Å². The number of hydrogen-bond donors (Lipinski definition) is 1. The van der Waals surface area contributed by atoms with Crippen LogP contribution in [0.4, 0.5) is 0 Å². The van der Waals surface area contributed by atoms with Crippen molar-refractivity contribution in [2.24, 2.45) is 0 Å². The van der Waals surface area contributed by atoms with E-state index in [1.807, 2.05) is 31.2 Å². The van der Waals surface area contributed by atoms with Crippen LogP contribution < -0.4 is 5.32 Å². The molecule has 21 heavy (non-hydrogen) atoms. The van der Waals surface area contributed by atoms with E-state index in [1.165, 1.54) is 11.6 Å². The van der Waals surface area contributed by atoms with Crippen LogP contribution in [0, 0.1) is 0 Å². The van der Waals surface area contributed by atoms with E-state index in [0.29, 0.717) is 5.69 Å². The number of aromatic nitrogens is 2. The Bertz CT molecular complexity index is 611. The van der Waals surface area contributed by atoms with Crippen LogP contribution in [-0.2, 0) is 11.2 Å². The third-order valence-corrected chi connectivity index (χ3v) is 3.36. The number of halogens is 1. The molecule has 2 rings (SSSR count). The molecule has 1 N–H and O–H groups in total. The monoisotopic (exact) mass is 345 g/mol. The molecule has 4 nitrogen and oxygen atoms in total. The largest absolute Gasteiger partial charge is 0.350 e. The molecule has 1 amide bonds. The van der Waals surface area contributed by atoms with Crippen LogP contribution in [0.2, 0.25) is 0 Å². The predicted octanol–water partition coefficient (Wildman–Crippen LogP) is 3.00. The van der Waals surface area contributed by atoms with Gasteiger partial charge in [0.25, 0.3) is 0 Å². The first-order valence-electron chi connectivity index (χ1n) is 6.62. The Balaban J connectivity index is 1.84. The van der Waals surface area contributed by atoms with Gasteiger partial charge < -0.3 is 5.32 Å². The van der Waals surface area contributed by atoms with E-state index in [-0.39, 0.29) is 11.9 Å². The van der Waals surface area contributed by atoms with Gasteiger partial charge in [0.2, 0.25) is 5.91 Å². The minimum Gasteiger partial charge on any atom is -0.350 e. The van der Waals surface area contributed by atoms with E-state index in [0.717, 1.165) is 10.9 Å². The molecule has 0 aliphatic rings. The quantitative estimate of drug-likeness (QED) is 0.847. The fourth-order valence-corrected chi connectivity index (χ4v) is 2.14. The summed E-state index contributed by atoms with van der Waals surface area (Å²) < 4.78 is 1.05. The molecule has 1 aromatic carbocycles. The summed E-state index contributed by atoms with van der Waals surface area (Å²) in [6, 6.07) is 8.14. The highest BCUT2D eigenvalue weighted by atomic mass is 79.9. The van der Waals surface area contributed by atoms with Crippen molar-refractivity contribution in [1.82, 2.24) is 15.3 Å². The first kappa shape index (κ1) is 15.4. The van der Waals surface area contributed by atoms with Crippen LogP contribution >= 0.6 is 15.9 Å². The Morgan fingerprint density at radius 2 is 2.10 bits per heavy atom. The maximum atomic E-state index is 11.8. The molecular weight excluding hydrogens is 330 g/mol. The second-order valence-corrected chi connectivity index (χ2v) is 5.62. The lowest BCUT2D eigenvalue weighted by atomic mass is 10.1. The minimum absolute atomic E-state index is 0.0604. The summed E-state index contributed by atoms with van der Waals surface area (Å²) in [5.74, 6) is -0.134. The maximum Gasteiger partial charge on any atom is 0.244 e. The number of rotatable bonds is 5. The maximum absolute atomic E-state index is 11.8. The van der Waals surface area contributed by atoms with Gasteiger partial charge in [0.1, 0.15) is 0 Å². The number of hydrogen-bond acceptors (Lipinski definition) is 3. The molecule has 0 spiro atoms. The predicted molar refractivity (Wildman–Crippen MR) is 86.5 cm³/mol. The zero-order chi connectivity index (χ0) is 15.1. The fraction of sp³-hybridized carbons (Fsp3) is 0.188. The number of carbonyl (C=O) groups is 1. The van der Waals surface area contributed by atoms with E-state index >= 15 is 0 Å². The molecule has 0 radical (unpaired) electrons. The van der Waals surface area contributed by atoms with Crippen molar-refractivity contribution >= 4 is 27.9 Å². The minimum atomic E-state index is -0.134. The molecule has 0 fully saturated rings. The van der Waals surface area contributed by atoms with Crippen molar-refractivity contribution in [2.45, 2.75) is 19.4 Å². The Hall–Kier alpha value is -2.01. The van der Waals surface area contributed by atoms with Gasteiger partial charge in [0, 0.05) is 29.0 Å². The zero-order valence-electron chi connectivity index (χ0n) is 11.7. The van der Waals surface area contributed by atoms with Crippen LogP contribution in [-0.4, -0.2) is 21.9 Å². The van der Waals surface area contributed by atoms with Gasteiger partial charge in [-0.3, -0.25) is 14.8 Å². The van der Waals surface area contributed by atoms with Crippen LogP contribution in [0.25, 0.3) is 6.08 Å². The molecular formula is C16H16BrN3O. The third-order valence-electron chi connectivity index (χ3n) is 2.83. The van der Waals surface area contributed by atoms with Crippen LogP contribution in [0.15, 0.2) is 53.4 Å². The van der Waals surface area contributed by atoms with Gasteiger partial charge in [0.05, 0.1) is 11.9 Å². The molecule has 5 heteroatoms. The van der Waals surface area contributed by atoms with Gasteiger partial charge in [-0.15, -0.1) is 0 Å². The SMILES string of the molecule is C[C@H](Cc1ccc(Br)cc1)NC(=O)/C=C/c1cnccn1. The highest BCUT2D eigenvalue weighted by Gasteiger charge is 2.06. The molecule has 0 aliphatic heterocycles.